The Balaban J connectivity index is 1.32. The highest BCUT2D eigenvalue weighted by molar-refractivity contribution is 6.11. The van der Waals surface area contributed by atoms with Crippen LogP contribution >= 0.6 is 0 Å². The fourth-order valence-electron chi connectivity index (χ4n) is 5.25. The summed E-state index contributed by atoms with van der Waals surface area (Å²) >= 11 is 0. The highest BCUT2D eigenvalue weighted by Crippen LogP contribution is 2.41. The molecule has 0 bridgehead atoms. The Bertz CT molecular complexity index is 1440. The van der Waals surface area contributed by atoms with Gasteiger partial charge in [0.05, 0.1) is 11.2 Å². The van der Waals surface area contributed by atoms with E-state index in [4.69, 9.17) is 0 Å². The van der Waals surface area contributed by atoms with Gasteiger partial charge in [0, 0.05) is 28.1 Å². The number of nitrogens with zero attached hydrogens (tertiary/aromatic N) is 1. The summed E-state index contributed by atoms with van der Waals surface area (Å²) in [6.45, 7) is 6.60. The maximum atomic E-state index is 13.3. The molecule has 4 aromatic rings. The van der Waals surface area contributed by atoms with Gasteiger partial charge in [-0.2, -0.15) is 5.10 Å². The Morgan fingerprint density at radius 2 is 1.67 bits per heavy atom. The van der Waals surface area contributed by atoms with Crippen LogP contribution in [0.5, 0.6) is 0 Å². The van der Waals surface area contributed by atoms with E-state index >= 15 is 0 Å². The number of aromatic nitrogens is 2. The Morgan fingerprint density at radius 3 is 2.42 bits per heavy atom. The quantitative estimate of drug-likeness (QED) is 0.299. The molecule has 1 aliphatic rings. The van der Waals surface area contributed by atoms with Crippen molar-refractivity contribution in [2.24, 2.45) is 23.7 Å². The fraction of sp³-hybridized carbons (Fsp3) is 0.258. The number of amides is 1. The van der Waals surface area contributed by atoms with E-state index in [1.165, 1.54) is 0 Å². The third kappa shape index (κ3) is 4.74. The van der Waals surface area contributed by atoms with Crippen molar-refractivity contribution < 1.29 is 9.59 Å². The lowest BCUT2D eigenvalue weighted by Gasteiger charge is -2.18. The van der Waals surface area contributed by atoms with Gasteiger partial charge in [-0.15, -0.1) is 0 Å². The minimum Gasteiger partial charge on any atom is -0.326 e. The molecule has 182 valence electrons. The van der Waals surface area contributed by atoms with Crippen LogP contribution in [0, 0.1) is 23.7 Å². The Hall–Kier alpha value is -3.99. The van der Waals surface area contributed by atoms with Crippen molar-refractivity contribution in [1.29, 1.82) is 0 Å². The molecule has 0 aliphatic heterocycles. The summed E-state index contributed by atoms with van der Waals surface area (Å²) in [4.78, 5) is 26.2. The maximum Gasteiger partial charge on any atom is 0.227 e. The van der Waals surface area contributed by atoms with Gasteiger partial charge in [-0.1, -0.05) is 75.4 Å². The zero-order chi connectivity index (χ0) is 25.2. The number of hydrogen-bond donors (Lipinski definition) is 2. The molecule has 0 saturated heterocycles. The van der Waals surface area contributed by atoms with E-state index in [1.807, 2.05) is 72.8 Å². The third-order valence-electron chi connectivity index (χ3n) is 7.80. The predicted molar refractivity (Wildman–Crippen MR) is 146 cm³/mol. The molecule has 5 nitrogen and oxygen atoms in total. The number of rotatable bonds is 6. The van der Waals surface area contributed by atoms with Gasteiger partial charge in [0.2, 0.25) is 5.91 Å². The van der Waals surface area contributed by atoms with E-state index in [2.05, 4.69) is 36.3 Å². The second-order valence-corrected chi connectivity index (χ2v) is 10.1. The average molecular weight is 478 g/mol. The minimum atomic E-state index is -0.0968. The maximum absolute atomic E-state index is 13.3. The lowest BCUT2D eigenvalue weighted by molar-refractivity contribution is -0.120. The molecule has 0 spiro atoms. The molecule has 2 N–H and O–H groups in total. The minimum absolute atomic E-state index is 0.00211. The monoisotopic (exact) mass is 477 g/mol. The summed E-state index contributed by atoms with van der Waals surface area (Å²) < 4.78 is 0. The summed E-state index contributed by atoms with van der Waals surface area (Å²) in [5, 5.41) is 11.5. The summed E-state index contributed by atoms with van der Waals surface area (Å²) in [7, 11) is 0. The van der Waals surface area contributed by atoms with Gasteiger partial charge < -0.3 is 5.32 Å². The normalized spacial score (nSPS) is 21.8. The van der Waals surface area contributed by atoms with E-state index in [1.54, 1.807) is 12.1 Å². The number of ketones is 1. The number of fused-ring (bicyclic) bond motifs is 1. The van der Waals surface area contributed by atoms with Crippen molar-refractivity contribution >= 4 is 40.4 Å². The van der Waals surface area contributed by atoms with Gasteiger partial charge in [-0.3, -0.25) is 14.7 Å². The van der Waals surface area contributed by atoms with Crippen LogP contribution in [0.1, 0.15) is 54.4 Å². The highest BCUT2D eigenvalue weighted by atomic mass is 16.2. The highest BCUT2D eigenvalue weighted by Gasteiger charge is 2.39. The first kappa shape index (κ1) is 23.7. The third-order valence-corrected chi connectivity index (χ3v) is 7.80. The van der Waals surface area contributed by atoms with Crippen LogP contribution in [0.3, 0.4) is 0 Å². The number of anilines is 1. The molecule has 4 atom stereocenters. The first-order chi connectivity index (χ1) is 17.4. The molecule has 1 aromatic heterocycles. The van der Waals surface area contributed by atoms with Crippen molar-refractivity contribution in [1.82, 2.24) is 10.2 Å². The van der Waals surface area contributed by atoms with Crippen LogP contribution in [0.2, 0.25) is 0 Å². The summed E-state index contributed by atoms with van der Waals surface area (Å²) in [6, 6.07) is 22.8. The van der Waals surface area contributed by atoms with Crippen molar-refractivity contribution in [2.75, 3.05) is 5.32 Å². The number of benzene rings is 3. The first-order valence-corrected chi connectivity index (χ1v) is 12.6. The molecule has 5 heteroatoms. The van der Waals surface area contributed by atoms with Gasteiger partial charge in [-0.05, 0) is 60.1 Å². The molecule has 5 rings (SSSR count). The number of H-pyrrole nitrogens is 1. The molecular formula is C31H31N3O2. The second kappa shape index (κ2) is 9.94. The van der Waals surface area contributed by atoms with Crippen molar-refractivity contribution in [2.45, 2.75) is 27.2 Å². The van der Waals surface area contributed by atoms with Crippen molar-refractivity contribution in [3.63, 3.8) is 0 Å². The first-order valence-electron chi connectivity index (χ1n) is 12.6. The summed E-state index contributed by atoms with van der Waals surface area (Å²) in [5.74, 6) is 1.36. The molecule has 0 radical (unpaired) electrons. The van der Waals surface area contributed by atoms with Crippen molar-refractivity contribution in [3.8, 4) is 0 Å². The molecule has 0 unspecified atom stereocenters. The van der Waals surface area contributed by atoms with Crippen LogP contribution < -0.4 is 5.32 Å². The van der Waals surface area contributed by atoms with Crippen LogP contribution in [-0.4, -0.2) is 21.9 Å². The van der Waals surface area contributed by atoms with Crippen molar-refractivity contribution in [3.05, 3.63) is 95.2 Å². The van der Waals surface area contributed by atoms with E-state index in [0.29, 0.717) is 34.6 Å². The molecule has 1 saturated carbocycles. The van der Waals surface area contributed by atoms with Crippen LogP contribution in [0.4, 0.5) is 5.69 Å². The molecule has 1 amide bonds. The largest absolute Gasteiger partial charge is 0.326 e. The smallest absolute Gasteiger partial charge is 0.227 e. The molecule has 3 aromatic carbocycles. The Labute approximate surface area is 211 Å². The van der Waals surface area contributed by atoms with Crippen LogP contribution in [-0.2, 0) is 4.79 Å². The molecular weight excluding hydrogens is 446 g/mol. The van der Waals surface area contributed by atoms with Crippen LogP contribution in [0.15, 0.2) is 72.8 Å². The lowest BCUT2D eigenvalue weighted by atomic mass is 9.90. The average Bonchev–Trinajstić information content (AvgIpc) is 3.43. The lowest BCUT2D eigenvalue weighted by Crippen LogP contribution is -2.26. The second-order valence-electron chi connectivity index (χ2n) is 10.1. The van der Waals surface area contributed by atoms with Gasteiger partial charge in [0.25, 0.3) is 0 Å². The van der Waals surface area contributed by atoms with E-state index in [0.717, 1.165) is 28.6 Å². The van der Waals surface area contributed by atoms with E-state index in [-0.39, 0.29) is 17.6 Å². The zero-order valence-electron chi connectivity index (χ0n) is 20.9. The number of nitrogens with one attached hydrogen (secondary N) is 2. The van der Waals surface area contributed by atoms with Gasteiger partial charge >= 0.3 is 0 Å². The topological polar surface area (TPSA) is 74.8 Å². The standard InChI is InChI=1S/C31H31N3O2/c1-19-16-27(21(3)20(19)2)31(36)32-25-11-7-10-23(17-25)30(35)24-13-14-26-28(33-34-29(26)18-24)15-12-22-8-5-4-6-9-22/h4-15,17-21,27H,16H2,1-3H3,(H,32,36)(H,33,34)/b15-12+/t19-,20-,21-,27+/m1/s1. The molecule has 1 heterocycles. The number of aromatic amines is 1. The van der Waals surface area contributed by atoms with Gasteiger partial charge in [0.1, 0.15) is 0 Å². The molecule has 1 fully saturated rings. The SMILES string of the molecule is C[C@@H]1[C@H](C)[C@H](C)C[C@@H]1C(=O)Nc1cccc(C(=O)c2ccc3c(/C=C/c4ccccc4)n[nH]c3c2)c1. The summed E-state index contributed by atoms with van der Waals surface area (Å²) in [5.41, 5.74) is 4.48. The molecule has 36 heavy (non-hydrogen) atoms. The summed E-state index contributed by atoms with van der Waals surface area (Å²) in [6.07, 6.45) is 4.89. The fourth-order valence-corrected chi connectivity index (χ4v) is 5.25. The zero-order valence-corrected chi connectivity index (χ0v) is 20.9. The Morgan fingerprint density at radius 1 is 0.889 bits per heavy atom. The number of hydrogen-bond acceptors (Lipinski definition) is 3. The number of carbonyl (C=O) groups is 2. The number of carbonyl (C=O) groups excluding carboxylic acids is 2. The predicted octanol–water partition coefficient (Wildman–Crippen LogP) is 6.83. The van der Waals surface area contributed by atoms with Crippen LogP contribution in [0.25, 0.3) is 23.1 Å². The Kier molecular flexibility index (Phi) is 6.55. The van der Waals surface area contributed by atoms with E-state index in [9.17, 15) is 9.59 Å². The van der Waals surface area contributed by atoms with Gasteiger partial charge in [0.15, 0.2) is 5.78 Å². The van der Waals surface area contributed by atoms with E-state index < -0.39 is 0 Å². The van der Waals surface area contributed by atoms with Gasteiger partial charge in [-0.25, -0.2) is 0 Å². The molecule has 1 aliphatic carbocycles.